The summed E-state index contributed by atoms with van der Waals surface area (Å²) in [6.45, 7) is 1.83. The molecule has 1 heterocycles. The van der Waals surface area contributed by atoms with Gasteiger partial charge in [0.2, 0.25) is 0 Å². The van der Waals surface area contributed by atoms with E-state index in [2.05, 4.69) is 4.98 Å². The summed E-state index contributed by atoms with van der Waals surface area (Å²) in [6, 6.07) is 3.42. The Hall–Kier alpha value is -1.48. The highest BCUT2D eigenvalue weighted by atomic mass is 35.5. The molecule has 0 saturated heterocycles. The molecule has 1 aromatic carbocycles. The van der Waals surface area contributed by atoms with Crippen LogP contribution in [0.25, 0.3) is 10.9 Å². The van der Waals surface area contributed by atoms with E-state index in [1.165, 1.54) is 0 Å². The molecule has 3 nitrogen and oxygen atoms in total. The van der Waals surface area contributed by atoms with Gasteiger partial charge in [-0.1, -0.05) is 17.7 Å². The van der Waals surface area contributed by atoms with Crippen molar-refractivity contribution in [2.24, 2.45) is 0 Å². The van der Waals surface area contributed by atoms with Crippen LogP contribution in [-0.4, -0.2) is 16.4 Å². The second-order valence-corrected chi connectivity index (χ2v) is 3.51. The Bertz CT molecular complexity index is 516. The van der Waals surface area contributed by atoms with Crippen LogP contribution in [0.1, 0.15) is 15.9 Å². The van der Waals surface area contributed by atoms with Crippen molar-refractivity contribution < 1.29 is 9.90 Å². The summed E-state index contributed by atoms with van der Waals surface area (Å²) in [4.78, 5) is 13.4. The maximum Gasteiger partial charge on any atom is 0.200 e. The zero-order valence-corrected chi connectivity index (χ0v) is 8.22. The third-order valence-electron chi connectivity index (χ3n) is 2.31. The molecule has 0 aliphatic rings. The average Bonchev–Trinajstić information content (AvgIpc) is 2.49. The van der Waals surface area contributed by atoms with Crippen molar-refractivity contribution in [2.75, 3.05) is 0 Å². The lowest BCUT2D eigenvalue weighted by atomic mass is 10.1. The summed E-state index contributed by atoms with van der Waals surface area (Å²) in [5.41, 5.74) is 1.81. The molecule has 0 radical (unpaired) electrons. The lowest BCUT2D eigenvalue weighted by Gasteiger charge is -1.98. The number of aryl methyl sites for hydroxylation is 1. The minimum absolute atomic E-state index is 0.111. The molecule has 1 aromatic heterocycles. The highest BCUT2D eigenvalue weighted by molar-refractivity contribution is 6.32. The lowest BCUT2D eigenvalue weighted by molar-refractivity contribution is 0.112. The molecule has 72 valence electrons. The summed E-state index contributed by atoms with van der Waals surface area (Å²) in [5, 5.41) is 10.7. The van der Waals surface area contributed by atoms with Gasteiger partial charge in [0.05, 0.1) is 11.1 Å². The van der Waals surface area contributed by atoms with Crippen LogP contribution in [-0.2, 0) is 0 Å². The number of hydrogen-bond donors (Lipinski definition) is 2. The van der Waals surface area contributed by atoms with E-state index in [9.17, 15) is 9.90 Å². The molecule has 0 spiro atoms. The van der Waals surface area contributed by atoms with Crippen LogP contribution in [0.5, 0.6) is 5.88 Å². The van der Waals surface area contributed by atoms with E-state index in [0.29, 0.717) is 22.2 Å². The van der Waals surface area contributed by atoms with Crippen LogP contribution in [0.15, 0.2) is 12.1 Å². The molecule has 0 unspecified atom stereocenters. The first-order chi connectivity index (χ1) is 6.65. The van der Waals surface area contributed by atoms with Gasteiger partial charge in [-0.3, -0.25) is 4.79 Å². The first kappa shape index (κ1) is 9.09. The zero-order valence-electron chi connectivity index (χ0n) is 7.47. The summed E-state index contributed by atoms with van der Waals surface area (Å²) < 4.78 is 0. The number of hydrogen-bond acceptors (Lipinski definition) is 2. The van der Waals surface area contributed by atoms with Crippen LogP contribution >= 0.6 is 11.6 Å². The van der Waals surface area contributed by atoms with Crippen molar-refractivity contribution in [1.29, 1.82) is 0 Å². The molecule has 0 saturated carbocycles. The number of nitrogens with one attached hydrogen (secondary N) is 1. The van der Waals surface area contributed by atoms with Gasteiger partial charge in [0.15, 0.2) is 12.2 Å². The smallest absolute Gasteiger partial charge is 0.200 e. The van der Waals surface area contributed by atoms with Gasteiger partial charge in [0, 0.05) is 10.4 Å². The number of fused-ring (bicyclic) bond motifs is 1. The Balaban J connectivity index is 2.93. The van der Waals surface area contributed by atoms with Crippen molar-refractivity contribution >= 4 is 28.8 Å². The van der Waals surface area contributed by atoms with Crippen molar-refractivity contribution in [3.05, 3.63) is 28.3 Å². The number of aromatic amines is 1. The summed E-state index contributed by atoms with van der Waals surface area (Å²) in [6.07, 6.45) is 0.626. The third kappa shape index (κ3) is 1.09. The monoisotopic (exact) mass is 209 g/mol. The third-order valence-corrected chi connectivity index (χ3v) is 2.71. The lowest BCUT2D eigenvalue weighted by Crippen LogP contribution is -1.79. The minimum Gasteiger partial charge on any atom is -0.494 e. The fourth-order valence-electron chi connectivity index (χ4n) is 1.50. The number of rotatable bonds is 1. The second kappa shape index (κ2) is 3.03. The Kier molecular flexibility index (Phi) is 1.97. The van der Waals surface area contributed by atoms with Crippen molar-refractivity contribution in [3.63, 3.8) is 0 Å². The van der Waals surface area contributed by atoms with Crippen LogP contribution < -0.4 is 0 Å². The predicted octanol–water partition coefficient (Wildman–Crippen LogP) is 2.65. The van der Waals surface area contributed by atoms with Gasteiger partial charge in [0.1, 0.15) is 0 Å². The molecule has 0 fully saturated rings. The Labute approximate surface area is 85.3 Å². The van der Waals surface area contributed by atoms with Crippen molar-refractivity contribution in [2.45, 2.75) is 6.92 Å². The first-order valence-electron chi connectivity index (χ1n) is 4.10. The SMILES string of the molecule is Cc1c(Cl)ccc2c(C=O)c(O)[nH]c12. The van der Waals surface area contributed by atoms with E-state index in [4.69, 9.17) is 11.6 Å². The highest BCUT2D eigenvalue weighted by Gasteiger charge is 2.12. The maximum atomic E-state index is 10.7. The Morgan fingerprint density at radius 3 is 2.86 bits per heavy atom. The largest absolute Gasteiger partial charge is 0.494 e. The number of aromatic hydroxyl groups is 1. The summed E-state index contributed by atoms with van der Waals surface area (Å²) >= 11 is 5.90. The maximum absolute atomic E-state index is 10.7. The normalized spacial score (nSPS) is 10.7. The van der Waals surface area contributed by atoms with E-state index >= 15 is 0 Å². The van der Waals surface area contributed by atoms with E-state index in [1.807, 2.05) is 6.92 Å². The van der Waals surface area contributed by atoms with Gasteiger partial charge in [-0.05, 0) is 18.6 Å². The van der Waals surface area contributed by atoms with Gasteiger partial charge < -0.3 is 10.1 Å². The fourth-order valence-corrected chi connectivity index (χ4v) is 1.66. The molecular weight excluding hydrogens is 202 g/mol. The fraction of sp³-hybridized carbons (Fsp3) is 0.100. The summed E-state index contributed by atoms with van der Waals surface area (Å²) in [7, 11) is 0. The molecule has 2 rings (SSSR count). The number of benzene rings is 1. The second-order valence-electron chi connectivity index (χ2n) is 3.10. The topological polar surface area (TPSA) is 53.1 Å². The molecule has 0 atom stereocenters. The molecule has 0 amide bonds. The van der Waals surface area contributed by atoms with Gasteiger partial charge in [-0.15, -0.1) is 0 Å². The molecule has 14 heavy (non-hydrogen) atoms. The quantitative estimate of drug-likeness (QED) is 0.710. The average molecular weight is 210 g/mol. The number of H-pyrrole nitrogens is 1. The minimum atomic E-state index is -0.111. The molecule has 2 aromatic rings. The molecule has 0 bridgehead atoms. The Morgan fingerprint density at radius 1 is 1.50 bits per heavy atom. The van der Waals surface area contributed by atoms with Crippen LogP contribution in [0.3, 0.4) is 0 Å². The van der Waals surface area contributed by atoms with E-state index in [0.717, 1.165) is 5.56 Å². The number of halogens is 1. The standard InChI is InChI=1S/C10H8ClNO2/c1-5-8(11)3-2-6-7(4-13)10(14)12-9(5)6/h2-4,12,14H,1H3. The predicted molar refractivity (Wildman–Crippen MR) is 55.1 cm³/mol. The van der Waals surface area contributed by atoms with Gasteiger partial charge in [-0.25, -0.2) is 0 Å². The molecule has 0 aliphatic heterocycles. The first-order valence-corrected chi connectivity index (χ1v) is 4.48. The molecule has 0 aliphatic carbocycles. The molecule has 4 heteroatoms. The van der Waals surface area contributed by atoms with E-state index < -0.39 is 0 Å². The Morgan fingerprint density at radius 2 is 2.21 bits per heavy atom. The molecule has 2 N–H and O–H groups in total. The van der Waals surface area contributed by atoms with Crippen LogP contribution in [0.2, 0.25) is 5.02 Å². The van der Waals surface area contributed by atoms with Gasteiger partial charge in [-0.2, -0.15) is 0 Å². The highest BCUT2D eigenvalue weighted by Crippen LogP contribution is 2.31. The number of aromatic nitrogens is 1. The summed E-state index contributed by atoms with van der Waals surface area (Å²) in [5.74, 6) is -0.111. The number of carbonyl (C=O) groups is 1. The number of aldehydes is 1. The van der Waals surface area contributed by atoms with Crippen molar-refractivity contribution in [3.8, 4) is 5.88 Å². The van der Waals surface area contributed by atoms with E-state index in [-0.39, 0.29) is 11.4 Å². The zero-order chi connectivity index (χ0) is 10.3. The molecular formula is C10H8ClNO2. The van der Waals surface area contributed by atoms with Gasteiger partial charge >= 0.3 is 0 Å². The van der Waals surface area contributed by atoms with Crippen LogP contribution in [0, 0.1) is 6.92 Å². The van der Waals surface area contributed by atoms with Crippen molar-refractivity contribution in [1.82, 2.24) is 4.98 Å². The van der Waals surface area contributed by atoms with E-state index in [1.54, 1.807) is 12.1 Å². The van der Waals surface area contributed by atoms with Gasteiger partial charge in [0.25, 0.3) is 0 Å². The van der Waals surface area contributed by atoms with Crippen LogP contribution in [0.4, 0.5) is 0 Å². The number of carbonyl (C=O) groups excluding carboxylic acids is 1.